The minimum absolute atomic E-state index is 0.237. The van der Waals surface area contributed by atoms with E-state index in [4.69, 9.17) is 10.5 Å². The van der Waals surface area contributed by atoms with Crippen LogP contribution >= 0.6 is 0 Å². The van der Waals surface area contributed by atoms with Crippen LogP contribution in [-0.4, -0.2) is 32.3 Å². The van der Waals surface area contributed by atoms with Crippen LogP contribution in [-0.2, 0) is 14.3 Å². The Morgan fingerprint density at radius 2 is 2.27 bits per heavy atom. The zero-order chi connectivity index (χ0) is 8.69. The summed E-state index contributed by atoms with van der Waals surface area (Å²) >= 11 is 0. The van der Waals surface area contributed by atoms with Gasteiger partial charge in [0.05, 0.1) is 13.7 Å². The van der Waals surface area contributed by atoms with Crippen molar-refractivity contribution in [2.45, 2.75) is 19.4 Å². The molecule has 0 spiro atoms. The highest BCUT2D eigenvalue weighted by Crippen LogP contribution is 1.87. The van der Waals surface area contributed by atoms with Gasteiger partial charge < -0.3 is 15.2 Å². The van der Waals surface area contributed by atoms with Crippen molar-refractivity contribution in [3.8, 4) is 0 Å². The van der Waals surface area contributed by atoms with Gasteiger partial charge in [0.1, 0.15) is 6.04 Å². The molecule has 0 amide bonds. The van der Waals surface area contributed by atoms with Crippen LogP contribution in [0.1, 0.15) is 13.3 Å². The van der Waals surface area contributed by atoms with Crippen molar-refractivity contribution in [3.63, 3.8) is 0 Å². The highest BCUT2D eigenvalue weighted by atomic mass is 16.5. The number of rotatable bonds is 5. The number of hydrogen-bond donors (Lipinski definition) is 1. The molecule has 0 aliphatic rings. The van der Waals surface area contributed by atoms with Crippen LogP contribution in [0.4, 0.5) is 0 Å². The molecule has 1 unspecified atom stereocenters. The monoisotopic (exact) mass is 161 g/mol. The number of esters is 1. The molecule has 0 rings (SSSR count). The van der Waals surface area contributed by atoms with Crippen molar-refractivity contribution in [2.75, 3.05) is 20.3 Å². The first-order chi connectivity index (χ1) is 5.22. The van der Waals surface area contributed by atoms with E-state index < -0.39 is 12.0 Å². The zero-order valence-corrected chi connectivity index (χ0v) is 7.00. The third-order valence-corrected chi connectivity index (χ3v) is 1.15. The van der Waals surface area contributed by atoms with Gasteiger partial charge in [0.25, 0.3) is 0 Å². The fourth-order valence-electron chi connectivity index (χ4n) is 0.574. The summed E-state index contributed by atoms with van der Waals surface area (Å²) in [5.74, 6) is -0.430. The van der Waals surface area contributed by atoms with Gasteiger partial charge in [0.2, 0.25) is 0 Å². The molecule has 0 saturated carbocycles. The Kier molecular flexibility index (Phi) is 5.78. The molecule has 0 aliphatic carbocycles. The molecule has 0 aliphatic heterocycles. The fourth-order valence-corrected chi connectivity index (χ4v) is 0.574. The molecule has 0 fully saturated rings. The largest absolute Gasteiger partial charge is 0.468 e. The second-order valence-electron chi connectivity index (χ2n) is 2.20. The fraction of sp³-hybridized carbons (Fsp3) is 0.857. The van der Waals surface area contributed by atoms with Gasteiger partial charge in [-0.15, -0.1) is 0 Å². The molecule has 4 nitrogen and oxygen atoms in total. The average Bonchev–Trinajstić information content (AvgIpc) is 2.03. The molecule has 0 heterocycles. The van der Waals surface area contributed by atoms with Crippen LogP contribution in [0.2, 0.25) is 0 Å². The SMILES string of the molecule is CCCOCC(N)C(=O)OC. The van der Waals surface area contributed by atoms with Crippen LogP contribution in [0, 0.1) is 0 Å². The maximum absolute atomic E-state index is 10.7. The third-order valence-electron chi connectivity index (χ3n) is 1.15. The smallest absolute Gasteiger partial charge is 0.325 e. The summed E-state index contributed by atoms with van der Waals surface area (Å²) in [4.78, 5) is 10.7. The van der Waals surface area contributed by atoms with E-state index in [9.17, 15) is 4.79 Å². The van der Waals surface area contributed by atoms with Gasteiger partial charge in [-0.2, -0.15) is 0 Å². The Hall–Kier alpha value is -0.610. The van der Waals surface area contributed by atoms with Crippen LogP contribution < -0.4 is 5.73 Å². The van der Waals surface area contributed by atoms with Gasteiger partial charge in [-0.25, -0.2) is 0 Å². The van der Waals surface area contributed by atoms with Crippen LogP contribution in [0.25, 0.3) is 0 Å². The molecule has 11 heavy (non-hydrogen) atoms. The molecule has 0 aromatic heterocycles. The van der Waals surface area contributed by atoms with E-state index in [2.05, 4.69) is 4.74 Å². The molecule has 0 aromatic rings. The van der Waals surface area contributed by atoms with E-state index in [1.165, 1.54) is 7.11 Å². The normalized spacial score (nSPS) is 12.6. The van der Waals surface area contributed by atoms with Crippen LogP contribution in [0.5, 0.6) is 0 Å². The topological polar surface area (TPSA) is 61.5 Å². The molecule has 2 N–H and O–H groups in total. The van der Waals surface area contributed by atoms with Crippen LogP contribution in [0.15, 0.2) is 0 Å². The standard InChI is InChI=1S/C7H15NO3/c1-3-4-11-5-6(8)7(9)10-2/h6H,3-5,8H2,1-2H3. The molecule has 0 radical (unpaired) electrons. The third kappa shape index (κ3) is 4.75. The Morgan fingerprint density at radius 1 is 1.64 bits per heavy atom. The first-order valence-electron chi connectivity index (χ1n) is 3.63. The van der Waals surface area contributed by atoms with E-state index in [-0.39, 0.29) is 6.61 Å². The molecule has 66 valence electrons. The first kappa shape index (κ1) is 10.4. The lowest BCUT2D eigenvalue weighted by molar-refractivity contribution is -0.143. The predicted molar refractivity (Wildman–Crippen MR) is 41.1 cm³/mol. The number of ether oxygens (including phenoxy) is 2. The Labute approximate surface area is 66.7 Å². The van der Waals surface area contributed by atoms with Gasteiger partial charge in [0, 0.05) is 6.61 Å². The van der Waals surface area contributed by atoms with Crippen molar-refractivity contribution in [1.29, 1.82) is 0 Å². The Bertz CT molecular complexity index is 116. The van der Waals surface area contributed by atoms with Crippen molar-refractivity contribution in [2.24, 2.45) is 5.73 Å². The maximum atomic E-state index is 10.7. The van der Waals surface area contributed by atoms with Crippen molar-refractivity contribution in [1.82, 2.24) is 0 Å². The van der Waals surface area contributed by atoms with Gasteiger partial charge in [-0.1, -0.05) is 6.92 Å². The summed E-state index contributed by atoms with van der Waals surface area (Å²) < 4.78 is 9.44. The van der Waals surface area contributed by atoms with Gasteiger partial charge in [-0.3, -0.25) is 4.79 Å². The molecule has 1 atom stereocenters. The molecule has 0 saturated heterocycles. The quantitative estimate of drug-likeness (QED) is 0.452. The minimum Gasteiger partial charge on any atom is -0.468 e. The van der Waals surface area contributed by atoms with Crippen molar-refractivity contribution >= 4 is 5.97 Å². The summed E-state index contributed by atoms with van der Waals surface area (Å²) in [5.41, 5.74) is 5.37. The lowest BCUT2D eigenvalue weighted by Crippen LogP contribution is -2.36. The molecular formula is C7H15NO3. The lowest BCUT2D eigenvalue weighted by atomic mass is 10.3. The summed E-state index contributed by atoms with van der Waals surface area (Å²) in [5, 5.41) is 0. The second kappa shape index (κ2) is 6.12. The molecule has 0 aromatic carbocycles. The van der Waals surface area contributed by atoms with E-state index in [1.807, 2.05) is 6.92 Å². The molecular weight excluding hydrogens is 146 g/mol. The maximum Gasteiger partial charge on any atom is 0.325 e. The van der Waals surface area contributed by atoms with Crippen LogP contribution in [0.3, 0.4) is 0 Å². The van der Waals surface area contributed by atoms with Gasteiger partial charge in [0.15, 0.2) is 0 Å². The Balaban J connectivity index is 3.36. The average molecular weight is 161 g/mol. The predicted octanol–water partition coefficient (Wildman–Crippen LogP) is -0.0867. The summed E-state index contributed by atoms with van der Waals surface area (Å²) in [6.07, 6.45) is 0.924. The Morgan fingerprint density at radius 3 is 2.73 bits per heavy atom. The number of nitrogens with two attached hydrogens (primary N) is 1. The number of carbonyl (C=O) groups excluding carboxylic acids is 1. The summed E-state index contributed by atoms with van der Waals surface area (Å²) in [6, 6.07) is -0.647. The number of carbonyl (C=O) groups is 1. The first-order valence-corrected chi connectivity index (χ1v) is 3.63. The molecule has 0 bridgehead atoms. The number of methoxy groups -OCH3 is 1. The lowest BCUT2D eigenvalue weighted by Gasteiger charge is -2.08. The highest BCUT2D eigenvalue weighted by Gasteiger charge is 2.12. The zero-order valence-electron chi connectivity index (χ0n) is 7.00. The van der Waals surface area contributed by atoms with E-state index in [0.29, 0.717) is 6.61 Å². The summed E-state index contributed by atoms with van der Waals surface area (Å²) in [6.45, 7) is 2.86. The number of hydrogen-bond acceptors (Lipinski definition) is 4. The minimum atomic E-state index is -0.647. The highest BCUT2D eigenvalue weighted by molar-refractivity contribution is 5.75. The van der Waals surface area contributed by atoms with E-state index in [0.717, 1.165) is 6.42 Å². The van der Waals surface area contributed by atoms with E-state index >= 15 is 0 Å². The molecule has 4 heteroatoms. The summed E-state index contributed by atoms with van der Waals surface area (Å²) in [7, 11) is 1.31. The van der Waals surface area contributed by atoms with Gasteiger partial charge >= 0.3 is 5.97 Å². The van der Waals surface area contributed by atoms with E-state index in [1.54, 1.807) is 0 Å². The second-order valence-corrected chi connectivity index (χ2v) is 2.20. The van der Waals surface area contributed by atoms with Crippen molar-refractivity contribution in [3.05, 3.63) is 0 Å². The van der Waals surface area contributed by atoms with Gasteiger partial charge in [-0.05, 0) is 6.42 Å². The van der Waals surface area contributed by atoms with Crippen molar-refractivity contribution < 1.29 is 14.3 Å².